The number of pyridine rings is 1. The number of aromatic amines is 1. The zero-order valence-electron chi connectivity index (χ0n) is 9.66. The molecule has 7 nitrogen and oxygen atoms in total. The van der Waals surface area contributed by atoms with Crippen molar-refractivity contribution in [3.63, 3.8) is 0 Å². The molecule has 19 heavy (non-hydrogen) atoms. The van der Waals surface area contributed by atoms with Gasteiger partial charge in [-0.2, -0.15) is 5.10 Å². The highest BCUT2D eigenvalue weighted by Crippen LogP contribution is 2.23. The van der Waals surface area contributed by atoms with Crippen molar-refractivity contribution in [1.82, 2.24) is 14.8 Å². The molecule has 0 fully saturated rings. The molecule has 0 aliphatic heterocycles. The van der Waals surface area contributed by atoms with Gasteiger partial charge in [0.25, 0.3) is 5.56 Å². The number of nitrogen functional groups attached to an aromatic ring is 1. The van der Waals surface area contributed by atoms with Crippen molar-refractivity contribution < 1.29 is 10.2 Å². The smallest absolute Gasteiger partial charge is 0.263 e. The molecule has 0 radical (unpaired) electrons. The average molecular weight is 258 g/mol. The molecule has 7 heteroatoms. The molecule has 3 aromatic rings. The van der Waals surface area contributed by atoms with Crippen LogP contribution >= 0.6 is 0 Å². The minimum Gasteiger partial charge on any atom is -0.508 e. The lowest BCUT2D eigenvalue weighted by Crippen LogP contribution is -2.07. The summed E-state index contributed by atoms with van der Waals surface area (Å²) in [5.41, 5.74) is 6.29. The minimum atomic E-state index is -0.502. The number of phenolic OH excluding ortho intramolecular Hbond substituents is 1. The number of nitrogens with two attached hydrogens (primary N) is 1. The summed E-state index contributed by atoms with van der Waals surface area (Å²) in [5.74, 6) is 0.0179. The first kappa shape index (κ1) is 11.1. The summed E-state index contributed by atoms with van der Waals surface area (Å²) in [4.78, 5) is 14.0. The predicted octanol–water partition coefficient (Wildman–Crippen LogP) is 0.707. The second-order valence-corrected chi connectivity index (χ2v) is 4.06. The van der Waals surface area contributed by atoms with Crippen molar-refractivity contribution in [2.45, 2.75) is 0 Å². The van der Waals surface area contributed by atoms with Crippen LogP contribution in [0.4, 0.5) is 5.82 Å². The Kier molecular flexibility index (Phi) is 2.21. The van der Waals surface area contributed by atoms with E-state index in [1.54, 1.807) is 12.1 Å². The number of nitrogens with zero attached hydrogens (tertiary/aromatic N) is 2. The van der Waals surface area contributed by atoms with Gasteiger partial charge in [0.2, 0.25) is 0 Å². The highest BCUT2D eigenvalue weighted by Gasteiger charge is 2.14. The van der Waals surface area contributed by atoms with Crippen molar-refractivity contribution in [2.24, 2.45) is 0 Å². The van der Waals surface area contributed by atoms with E-state index in [2.05, 4.69) is 10.1 Å². The summed E-state index contributed by atoms with van der Waals surface area (Å²) in [6.45, 7) is 0. The molecule has 2 heterocycles. The van der Waals surface area contributed by atoms with Gasteiger partial charge in [0.1, 0.15) is 22.5 Å². The quantitative estimate of drug-likeness (QED) is 0.512. The number of hydrogen-bond acceptors (Lipinski definition) is 5. The Balaban J connectivity index is 2.31. The molecule has 0 bridgehead atoms. The van der Waals surface area contributed by atoms with E-state index in [-0.39, 0.29) is 22.8 Å². The first-order chi connectivity index (χ1) is 9.06. The van der Waals surface area contributed by atoms with Crippen molar-refractivity contribution in [2.75, 3.05) is 5.73 Å². The lowest BCUT2D eigenvalue weighted by atomic mass is 10.3. The number of hydrogen-bond donors (Lipinski definition) is 4. The molecule has 0 saturated carbocycles. The molecule has 5 N–H and O–H groups in total. The Morgan fingerprint density at radius 3 is 2.58 bits per heavy atom. The molecule has 0 aliphatic carbocycles. The fourth-order valence-electron chi connectivity index (χ4n) is 1.92. The Bertz CT molecular complexity index is 817. The number of H-pyrrole nitrogens is 1. The van der Waals surface area contributed by atoms with Gasteiger partial charge >= 0.3 is 0 Å². The van der Waals surface area contributed by atoms with Gasteiger partial charge in [0, 0.05) is 6.07 Å². The molecule has 0 atom stereocenters. The highest BCUT2D eigenvalue weighted by molar-refractivity contribution is 5.89. The molecule has 0 aliphatic rings. The maximum Gasteiger partial charge on any atom is 0.263 e. The molecular weight excluding hydrogens is 248 g/mol. The number of phenols is 1. The van der Waals surface area contributed by atoms with Crippen LogP contribution in [-0.2, 0) is 0 Å². The van der Waals surface area contributed by atoms with Crippen molar-refractivity contribution in [3.8, 4) is 17.3 Å². The van der Waals surface area contributed by atoms with Gasteiger partial charge in [-0.25, -0.2) is 4.68 Å². The van der Waals surface area contributed by atoms with Crippen LogP contribution in [0.25, 0.3) is 16.6 Å². The Morgan fingerprint density at radius 1 is 1.21 bits per heavy atom. The molecule has 96 valence electrons. The lowest BCUT2D eigenvalue weighted by Gasteiger charge is -2.03. The molecule has 0 saturated heterocycles. The third-order valence-corrected chi connectivity index (χ3v) is 2.78. The summed E-state index contributed by atoms with van der Waals surface area (Å²) in [6.07, 6.45) is 0. The number of rotatable bonds is 1. The van der Waals surface area contributed by atoms with E-state index in [9.17, 15) is 15.0 Å². The maximum absolute atomic E-state index is 11.7. The van der Waals surface area contributed by atoms with Crippen LogP contribution in [0.5, 0.6) is 11.6 Å². The normalized spacial score (nSPS) is 10.9. The van der Waals surface area contributed by atoms with E-state index in [1.807, 2.05) is 0 Å². The summed E-state index contributed by atoms with van der Waals surface area (Å²) in [7, 11) is 0. The standard InChI is InChI=1S/C12H10N4O3/c13-11-10-8(5-9(18)14-12(10)19)15-16(11)6-1-3-7(17)4-2-6/h1-5,17-18H,13H2,(H,14,19). The van der Waals surface area contributed by atoms with Gasteiger partial charge in [-0.05, 0) is 24.3 Å². The maximum atomic E-state index is 11.7. The topological polar surface area (TPSA) is 117 Å². The van der Waals surface area contributed by atoms with E-state index < -0.39 is 5.56 Å². The molecule has 0 spiro atoms. The third-order valence-electron chi connectivity index (χ3n) is 2.78. The number of benzene rings is 1. The van der Waals surface area contributed by atoms with Crippen LogP contribution < -0.4 is 11.3 Å². The number of nitrogens with one attached hydrogen (secondary N) is 1. The minimum absolute atomic E-state index is 0.120. The summed E-state index contributed by atoms with van der Waals surface area (Å²) >= 11 is 0. The summed E-state index contributed by atoms with van der Waals surface area (Å²) in [6, 6.07) is 7.53. The van der Waals surface area contributed by atoms with E-state index in [0.29, 0.717) is 11.2 Å². The van der Waals surface area contributed by atoms with Gasteiger partial charge in [-0.1, -0.05) is 0 Å². The van der Waals surface area contributed by atoms with Crippen molar-refractivity contribution >= 4 is 16.7 Å². The Morgan fingerprint density at radius 2 is 1.89 bits per heavy atom. The largest absolute Gasteiger partial charge is 0.508 e. The summed E-state index contributed by atoms with van der Waals surface area (Å²) in [5, 5.41) is 23.0. The SMILES string of the molecule is Nc1c2c(=O)[nH]c(O)cc2nn1-c1ccc(O)cc1. The highest BCUT2D eigenvalue weighted by atomic mass is 16.3. The van der Waals surface area contributed by atoms with Crippen LogP contribution in [0.3, 0.4) is 0 Å². The van der Waals surface area contributed by atoms with E-state index in [4.69, 9.17) is 5.73 Å². The number of anilines is 1. The summed E-state index contributed by atoms with van der Waals surface area (Å²) < 4.78 is 1.37. The second kappa shape index (κ2) is 3.77. The van der Waals surface area contributed by atoms with Gasteiger partial charge in [-0.3, -0.25) is 9.78 Å². The molecule has 0 amide bonds. The van der Waals surface area contributed by atoms with E-state index >= 15 is 0 Å². The zero-order chi connectivity index (χ0) is 13.6. The van der Waals surface area contributed by atoms with E-state index in [0.717, 1.165) is 0 Å². The molecule has 1 aromatic carbocycles. The van der Waals surface area contributed by atoms with Crippen molar-refractivity contribution in [3.05, 3.63) is 40.7 Å². The predicted molar refractivity (Wildman–Crippen MR) is 69.4 cm³/mol. The zero-order valence-corrected chi connectivity index (χ0v) is 9.66. The Labute approximate surface area is 106 Å². The van der Waals surface area contributed by atoms with Crippen LogP contribution in [0.2, 0.25) is 0 Å². The fraction of sp³-hybridized carbons (Fsp3) is 0. The van der Waals surface area contributed by atoms with Crippen LogP contribution in [-0.4, -0.2) is 25.0 Å². The van der Waals surface area contributed by atoms with Gasteiger partial charge in [-0.15, -0.1) is 0 Å². The first-order valence-corrected chi connectivity index (χ1v) is 5.46. The fourth-order valence-corrected chi connectivity index (χ4v) is 1.92. The van der Waals surface area contributed by atoms with Crippen molar-refractivity contribution in [1.29, 1.82) is 0 Å². The molecule has 2 aromatic heterocycles. The van der Waals surface area contributed by atoms with Gasteiger partial charge in [0.05, 0.1) is 5.69 Å². The van der Waals surface area contributed by atoms with Gasteiger partial charge < -0.3 is 15.9 Å². The first-order valence-electron chi connectivity index (χ1n) is 5.46. The number of aromatic nitrogens is 3. The van der Waals surface area contributed by atoms with E-state index in [1.165, 1.54) is 22.9 Å². The molecule has 0 unspecified atom stereocenters. The van der Waals surface area contributed by atoms with Gasteiger partial charge in [0.15, 0.2) is 5.88 Å². The number of aromatic hydroxyl groups is 2. The monoisotopic (exact) mass is 258 g/mol. The third kappa shape index (κ3) is 1.68. The van der Waals surface area contributed by atoms with Crippen LogP contribution in [0, 0.1) is 0 Å². The number of fused-ring (bicyclic) bond motifs is 1. The molecule has 3 rings (SSSR count). The lowest BCUT2D eigenvalue weighted by molar-refractivity contribution is 0.453. The van der Waals surface area contributed by atoms with Crippen LogP contribution in [0.1, 0.15) is 0 Å². The average Bonchev–Trinajstić information content (AvgIpc) is 2.67. The Hall–Kier alpha value is -2.96. The second-order valence-electron chi connectivity index (χ2n) is 4.06. The van der Waals surface area contributed by atoms with Crippen LogP contribution in [0.15, 0.2) is 35.1 Å². The molecular formula is C12H10N4O3.